The van der Waals surface area contributed by atoms with E-state index in [1.807, 2.05) is 0 Å². The van der Waals surface area contributed by atoms with Crippen molar-refractivity contribution >= 4 is 5.97 Å². The zero-order valence-corrected chi connectivity index (χ0v) is 11.9. The van der Waals surface area contributed by atoms with E-state index >= 15 is 0 Å². The Labute approximate surface area is 113 Å². The summed E-state index contributed by atoms with van der Waals surface area (Å²) in [5.41, 5.74) is 0. The van der Waals surface area contributed by atoms with Crippen molar-refractivity contribution in [3.63, 3.8) is 0 Å². The van der Waals surface area contributed by atoms with Crippen LogP contribution in [0.2, 0.25) is 0 Å². The SMILES string of the molecule is COC(=O)Cc1nc(C2CCC(C(C)C)CC2)no1. The van der Waals surface area contributed by atoms with Crippen LogP contribution in [-0.4, -0.2) is 23.2 Å². The number of nitrogens with zero attached hydrogens (tertiary/aromatic N) is 2. The third kappa shape index (κ3) is 3.55. The summed E-state index contributed by atoms with van der Waals surface area (Å²) in [4.78, 5) is 15.4. The van der Waals surface area contributed by atoms with Gasteiger partial charge in [0.25, 0.3) is 0 Å². The van der Waals surface area contributed by atoms with Gasteiger partial charge in [-0.15, -0.1) is 0 Å². The van der Waals surface area contributed by atoms with Gasteiger partial charge in [-0.05, 0) is 37.5 Å². The molecule has 5 nitrogen and oxygen atoms in total. The van der Waals surface area contributed by atoms with Gasteiger partial charge in [0.2, 0.25) is 5.89 Å². The summed E-state index contributed by atoms with van der Waals surface area (Å²) in [5, 5.41) is 4.00. The number of rotatable bonds is 4. The molecule has 0 spiro atoms. The molecule has 0 atom stereocenters. The van der Waals surface area contributed by atoms with Crippen molar-refractivity contribution in [2.24, 2.45) is 11.8 Å². The lowest BCUT2D eigenvalue weighted by molar-refractivity contribution is -0.140. The third-order valence-corrected chi connectivity index (χ3v) is 4.09. The van der Waals surface area contributed by atoms with Crippen LogP contribution < -0.4 is 0 Å². The van der Waals surface area contributed by atoms with Crippen molar-refractivity contribution in [2.45, 2.75) is 51.9 Å². The molecule has 0 unspecified atom stereocenters. The molecule has 1 fully saturated rings. The van der Waals surface area contributed by atoms with Crippen LogP contribution in [0.15, 0.2) is 4.52 Å². The smallest absolute Gasteiger partial charge is 0.315 e. The number of carbonyl (C=O) groups excluding carboxylic acids is 1. The number of hydrogen-bond acceptors (Lipinski definition) is 5. The first-order valence-corrected chi connectivity index (χ1v) is 6.99. The van der Waals surface area contributed by atoms with Crippen molar-refractivity contribution in [1.29, 1.82) is 0 Å². The van der Waals surface area contributed by atoms with Crippen LogP contribution in [0.25, 0.3) is 0 Å². The molecule has 0 bridgehead atoms. The van der Waals surface area contributed by atoms with Gasteiger partial charge in [-0.3, -0.25) is 4.79 Å². The van der Waals surface area contributed by atoms with Gasteiger partial charge in [-0.25, -0.2) is 0 Å². The molecule has 5 heteroatoms. The summed E-state index contributed by atoms with van der Waals surface area (Å²) < 4.78 is 9.69. The molecule has 1 aromatic rings. The fraction of sp³-hybridized carbons (Fsp3) is 0.786. The largest absolute Gasteiger partial charge is 0.469 e. The van der Waals surface area contributed by atoms with Crippen molar-refractivity contribution in [3.8, 4) is 0 Å². The molecule has 0 N–H and O–H groups in total. The van der Waals surface area contributed by atoms with Gasteiger partial charge >= 0.3 is 5.97 Å². The molecule has 1 aliphatic rings. The maximum Gasteiger partial charge on any atom is 0.315 e. The number of hydrogen-bond donors (Lipinski definition) is 0. The van der Waals surface area contributed by atoms with Crippen molar-refractivity contribution in [1.82, 2.24) is 10.1 Å². The number of esters is 1. The lowest BCUT2D eigenvalue weighted by Gasteiger charge is -2.29. The quantitative estimate of drug-likeness (QED) is 0.784. The summed E-state index contributed by atoms with van der Waals surface area (Å²) in [6.07, 6.45) is 4.73. The van der Waals surface area contributed by atoms with E-state index in [2.05, 4.69) is 28.7 Å². The van der Waals surface area contributed by atoms with Gasteiger partial charge in [0, 0.05) is 5.92 Å². The number of methoxy groups -OCH3 is 1. The Balaban J connectivity index is 1.91. The van der Waals surface area contributed by atoms with Crippen LogP contribution in [0.1, 0.15) is 57.2 Å². The lowest BCUT2D eigenvalue weighted by atomic mass is 9.77. The van der Waals surface area contributed by atoms with E-state index in [0.29, 0.717) is 11.8 Å². The minimum absolute atomic E-state index is 0.0604. The summed E-state index contributed by atoms with van der Waals surface area (Å²) in [6.45, 7) is 4.57. The maximum absolute atomic E-state index is 11.1. The Kier molecular flexibility index (Phi) is 4.56. The van der Waals surface area contributed by atoms with Crippen LogP contribution in [0.4, 0.5) is 0 Å². The van der Waals surface area contributed by atoms with Crippen LogP contribution in [0.3, 0.4) is 0 Å². The Hall–Kier alpha value is -1.39. The highest BCUT2D eigenvalue weighted by atomic mass is 16.5. The highest BCUT2D eigenvalue weighted by molar-refractivity contribution is 5.71. The van der Waals surface area contributed by atoms with Crippen LogP contribution in [0, 0.1) is 11.8 Å². The van der Waals surface area contributed by atoms with Crippen LogP contribution in [0.5, 0.6) is 0 Å². The second-order valence-corrected chi connectivity index (χ2v) is 5.65. The average Bonchev–Trinajstić information content (AvgIpc) is 2.87. The molecule has 106 valence electrons. The summed E-state index contributed by atoms with van der Waals surface area (Å²) in [6, 6.07) is 0. The molecule has 0 radical (unpaired) electrons. The van der Waals surface area contributed by atoms with Gasteiger partial charge in [0.1, 0.15) is 6.42 Å². The first kappa shape index (κ1) is 14.0. The van der Waals surface area contributed by atoms with E-state index in [9.17, 15) is 4.79 Å². The predicted molar refractivity (Wildman–Crippen MR) is 69.6 cm³/mol. The standard InChI is InChI=1S/C14H22N2O3/c1-9(2)10-4-6-11(7-5-10)14-15-12(19-16-14)8-13(17)18-3/h9-11H,4-8H2,1-3H3. The van der Waals surface area contributed by atoms with Gasteiger partial charge < -0.3 is 9.26 Å². The van der Waals surface area contributed by atoms with Gasteiger partial charge in [0.05, 0.1) is 7.11 Å². The highest BCUT2D eigenvalue weighted by Gasteiger charge is 2.27. The van der Waals surface area contributed by atoms with Crippen molar-refractivity contribution < 1.29 is 14.1 Å². The molecule has 1 heterocycles. The first-order chi connectivity index (χ1) is 9.10. The molecule has 0 aliphatic heterocycles. The highest BCUT2D eigenvalue weighted by Crippen LogP contribution is 2.37. The summed E-state index contributed by atoms with van der Waals surface area (Å²) in [5.74, 6) is 2.71. The van der Waals surface area contributed by atoms with E-state index < -0.39 is 0 Å². The maximum atomic E-state index is 11.1. The molecular formula is C14H22N2O3. The monoisotopic (exact) mass is 266 g/mol. The molecule has 1 aromatic heterocycles. The summed E-state index contributed by atoms with van der Waals surface area (Å²) in [7, 11) is 1.35. The van der Waals surface area contributed by atoms with Gasteiger partial charge in [-0.1, -0.05) is 19.0 Å². The zero-order valence-electron chi connectivity index (χ0n) is 11.9. The Bertz CT molecular complexity index is 420. The van der Waals surface area contributed by atoms with E-state index in [1.54, 1.807) is 0 Å². The first-order valence-electron chi connectivity index (χ1n) is 6.99. The normalized spacial score (nSPS) is 23.6. The molecule has 1 saturated carbocycles. The number of ether oxygens (including phenoxy) is 1. The fourth-order valence-electron chi connectivity index (χ4n) is 2.75. The molecule has 1 aliphatic carbocycles. The number of carbonyl (C=O) groups is 1. The van der Waals surface area contributed by atoms with E-state index in [4.69, 9.17) is 4.52 Å². The van der Waals surface area contributed by atoms with E-state index in [-0.39, 0.29) is 12.4 Å². The molecule has 0 amide bonds. The van der Waals surface area contributed by atoms with E-state index in [1.165, 1.54) is 20.0 Å². The van der Waals surface area contributed by atoms with Gasteiger partial charge in [-0.2, -0.15) is 4.98 Å². The average molecular weight is 266 g/mol. The molecular weight excluding hydrogens is 244 g/mol. The minimum Gasteiger partial charge on any atom is -0.469 e. The Morgan fingerprint density at radius 2 is 2.05 bits per heavy atom. The summed E-state index contributed by atoms with van der Waals surface area (Å²) >= 11 is 0. The number of aromatic nitrogens is 2. The van der Waals surface area contributed by atoms with Gasteiger partial charge in [0.15, 0.2) is 5.82 Å². The van der Waals surface area contributed by atoms with Crippen LogP contribution in [-0.2, 0) is 16.0 Å². The Morgan fingerprint density at radius 3 is 2.63 bits per heavy atom. The predicted octanol–water partition coefficient (Wildman–Crippen LogP) is 2.71. The molecule has 2 rings (SSSR count). The molecule has 0 saturated heterocycles. The third-order valence-electron chi connectivity index (χ3n) is 4.09. The Morgan fingerprint density at radius 1 is 1.37 bits per heavy atom. The topological polar surface area (TPSA) is 65.2 Å². The van der Waals surface area contributed by atoms with Crippen LogP contribution >= 0.6 is 0 Å². The van der Waals surface area contributed by atoms with Crippen molar-refractivity contribution in [3.05, 3.63) is 11.7 Å². The van der Waals surface area contributed by atoms with Crippen molar-refractivity contribution in [2.75, 3.05) is 7.11 Å². The minimum atomic E-state index is -0.348. The lowest BCUT2D eigenvalue weighted by Crippen LogP contribution is -2.18. The zero-order chi connectivity index (χ0) is 13.8. The molecule has 19 heavy (non-hydrogen) atoms. The molecule has 0 aromatic carbocycles. The second-order valence-electron chi connectivity index (χ2n) is 5.65. The fourth-order valence-corrected chi connectivity index (χ4v) is 2.75. The second kappa shape index (κ2) is 6.17. The van der Waals surface area contributed by atoms with E-state index in [0.717, 1.165) is 30.5 Å².